The Bertz CT molecular complexity index is 644. The third-order valence-corrected chi connectivity index (χ3v) is 2.64. The maximum absolute atomic E-state index is 5.90. The first-order valence-electron chi connectivity index (χ1n) is 5.29. The van der Waals surface area contributed by atoms with Crippen molar-refractivity contribution in [2.45, 2.75) is 6.54 Å². The van der Waals surface area contributed by atoms with Crippen LogP contribution >= 0.6 is 0 Å². The standard InChI is InChI=1S/C12H11N5/c13-12-16-10-7-15-5-3-11(10)17(12)8-9-2-1-4-14-6-9/h1-7H,8H2,(H2,13,16). The summed E-state index contributed by atoms with van der Waals surface area (Å²) in [6, 6.07) is 5.83. The molecule has 0 aliphatic heterocycles. The molecule has 84 valence electrons. The van der Waals surface area contributed by atoms with Gasteiger partial charge in [0.15, 0.2) is 0 Å². The molecular weight excluding hydrogens is 214 g/mol. The highest BCUT2D eigenvalue weighted by atomic mass is 15.2. The summed E-state index contributed by atoms with van der Waals surface area (Å²) >= 11 is 0. The highest BCUT2D eigenvalue weighted by Crippen LogP contribution is 2.17. The fraction of sp³-hybridized carbons (Fsp3) is 0.0833. The molecule has 0 aliphatic carbocycles. The van der Waals surface area contributed by atoms with Crippen LogP contribution in [0.25, 0.3) is 11.0 Å². The van der Waals surface area contributed by atoms with Gasteiger partial charge < -0.3 is 10.3 Å². The number of imidazole rings is 1. The van der Waals surface area contributed by atoms with E-state index in [0.29, 0.717) is 12.5 Å². The fourth-order valence-electron chi connectivity index (χ4n) is 1.84. The molecule has 0 saturated heterocycles. The second-order valence-electron chi connectivity index (χ2n) is 3.78. The Morgan fingerprint density at radius 2 is 2.00 bits per heavy atom. The van der Waals surface area contributed by atoms with E-state index in [-0.39, 0.29) is 0 Å². The maximum Gasteiger partial charge on any atom is 0.201 e. The quantitative estimate of drug-likeness (QED) is 0.716. The summed E-state index contributed by atoms with van der Waals surface area (Å²) in [5.74, 6) is 0.497. The molecule has 0 unspecified atom stereocenters. The van der Waals surface area contributed by atoms with Gasteiger partial charge in [0.1, 0.15) is 5.52 Å². The first-order valence-corrected chi connectivity index (χ1v) is 5.29. The molecule has 0 radical (unpaired) electrons. The van der Waals surface area contributed by atoms with Crippen molar-refractivity contribution < 1.29 is 0 Å². The molecule has 5 heteroatoms. The second kappa shape index (κ2) is 3.86. The molecule has 0 bridgehead atoms. The van der Waals surface area contributed by atoms with Crippen LogP contribution < -0.4 is 5.73 Å². The lowest BCUT2D eigenvalue weighted by Gasteiger charge is -2.05. The number of rotatable bonds is 2. The number of anilines is 1. The van der Waals surface area contributed by atoms with Gasteiger partial charge in [-0.05, 0) is 17.7 Å². The molecule has 17 heavy (non-hydrogen) atoms. The van der Waals surface area contributed by atoms with Crippen LogP contribution in [-0.4, -0.2) is 19.5 Å². The highest BCUT2D eigenvalue weighted by Gasteiger charge is 2.07. The third kappa shape index (κ3) is 1.71. The van der Waals surface area contributed by atoms with Gasteiger partial charge in [-0.15, -0.1) is 0 Å². The molecule has 3 heterocycles. The van der Waals surface area contributed by atoms with Gasteiger partial charge in [-0.3, -0.25) is 9.97 Å². The lowest BCUT2D eigenvalue weighted by atomic mass is 10.3. The van der Waals surface area contributed by atoms with Crippen molar-refractivity contribution in [1.82, 2.24) is 19.5 Å². The maximum atomic E-state index is 5.90. The largest absolute Gasteiger partial charge is 0.369 e. The second-order valence-corrected chi connectivity index (χ2v) is 3.78. The van der Waals surface area contributed by atoms with Crippen LogP contribution in [0.3, 0.4) is 0 Å². The van der Waals surface area contributed by atoms with E-state index in [0.717, 1.165) is 16.6 Å². The van der Waals surface area contributed by atoms with E-state index in [4.69, 9.17) is 5.73 Å². The topological polar surface area (TPSA) is 69.6 Å². The summed E-state index contributed by atoms with van der Waals surface area (Å²) < 4.78 is 1.95. The van der Waals surface area contributed by atoms with Gasteiger partial charge in [0, 0.05) is 18.6 Å². The smallest absolute Gasteiger partial charge is 0.201 e. The zero-order valence-electron chi connectivity index (χ0n) is 9.11. The van der Waals surface area contributed by atoms with Crippen molar-refractivity contribution in [3.05, 3.63) is 48.5 Å². The molecule has 0 aromatic carbocycles. The predicted octanol–water partition coefficient (Wildman–Crippen LogP) is 1.46. The molecule has 0 saturated carbocycles. The minimum atomic E-state index is 0.497. The Balaban J connectivity index is 2.08. The van der Waals surface area contributed by atoms with Crippen LogP contribution in [0.4, 0.5) is 5.95 Å². The van der Waals surface area contributed by atoms with E-state index >= 15 is 0 Å². The SMILES string of the molecule is Nc1nc2cnccc2n1Cc1cccnc1. The summed E-state index contributed by atoms with van der Waals surface area (Å²) in [7, 11) is 0. The van der Waals surface area contributed by atoms with Gasteiger partial charge in [0.2, 0.25) is 5.95 Å². The number of fused-ring (bicyclic) bond motifs is 1. The monoisotopic (exact) mass is 225 g/mol. The number of nitrogens with two attached hydrogens (primary N) is 1. The van der Waals surface area contributed by atoms with Crippen LogP contribution in [0.2, 0.25) is 0 Å². The highest BCUT2D eigenvalue weighted by molar-refractivity contribution is 5.77. The number of hydrogen-bond donors (Lipinski definition) is 1. The van der Waals surface area contributed by atoms with E-state index < -0.39 is 0 Å². The number of hydrogen-bond acceptors (Lipinski definition) is 4. The zero-order valence-corrected chi connectivity index (χ0v) is 9.11. The van der Waals surface area contributed by atoms with E-state index in [2.05, 4.69) is 15.0 Å². The Labute approximate surface area is 98.0 Å². The molecule has 0 amide bonds. The number of nitrogen functional groups attached to an aromatic ring is 1. The normalized spacial score (nSPS) is 10.8. The molecule has 0 aliphatic rings. The summed E-state index contributed by atoms with van der Waals surface area (Å²) in [4.78, 5) is 12.4. The fourth-order valence-corrected chi connectivity index (χ4v) is 1.84. The van der Waals surface area contributed by atoms with E-state index in [9.17, 15) is 0 Å². The summed E-state index contributed by atoms with van der Waals surface area (Å²) in [6.07, 6.45) is 7.03. The molecular formula is C12H11N5. The Morgan fingerprint density at radius 1 is 1.12 bits per heavy atom. The molecule has 3 aromatic rings. The van der Waals surface area contributed by atoms with Crippen molar-refractivity contribution in [2.24, 2.45) is 0 Å². The van der Waals surface area contributed by atoms with Gasteiger partial charge in [-0.2, -0.15) is 0 Å². The summed E-state index contributed by atoms with van der Waals surface area (Å²) in [5, 5.41) is 0. The minimum absolute atomic E-state index is 0.497. The lowest BCUT2D eigenvalue weighted by Crippen LogP contribution is -2.04. The summed E-state index contributed by atoms with van der Waals surface area (Å²) in [5.41, 5.74) is 8.80. The van der Waals surface area contributed by atoms with E-state index in [1.165, 1.54) is 0 Å². The molecule has 0 fully saturated rings. The first-order chi connectivity index (χ1) is 8.34. The van der Waals surface area contributed by atoms with E-state index in [1.54, 1.807) is 18.6 Å². The predicted molar refractivity (Wildman–Crippen MR) is 65.3 cm³/mol. The van der Waals surface area contributed by atoms with Crippen molar-refractivity contribution >= 4 is 17.0 Å². The average Bonchev–Trinajstić information content (AvgIpc) is 2.68. The third-order valence-electron chi connectivity index (χ3n) is 2.64. The van der Waals surface area contributed by atoms with Crippen molar-refractivity contribution in [3.63, 3.8) is 0 Å². The molecule has 5 nitrogen and oxygen atoms in total. The van der Waals surface area contributed by atoms with Gasteiger partial charge in [0.05, 0.1) is 18.3 Å². The molecule has 3 rings (SSSR count). The molecule has 0 atom stereocenters. The van der Waals surface area contributed by atoms with Crippen LogP contribution in [0.5, 0.6) is 0 Å². The minimum Gasteiger partial charge on any atom is -0.369 e. The Morgan fingerprint density at radius 3 is 2.82 bits per heavy atom. The van der Waals surface area contributed by atoms with Crippen molar-refractivity contribution in [3.8, 4) is 0 Å². The van der Waals surface area contributed by atoms with Crippen molar-refractivity contribution in [2.75, 3.05) is 5.73 Å². The summed E-state index contributed by atoms with van der Waals surface area (Å²) in [6.45, 7) is 0.667. The zero-order chi connectivity index (χ0) is 11.7. The number of pyridine rings is 2. The molecule has 2 N–H and O–H groups in total. The van der Waals surface area contributed by atoms with Crippen LogP contribution in [-0.2, 0) is 6.54 Å². The molecule has 0 spiro atoms. The number of nitrogens with zero attached hydrogens (tertiary/aromatic N) is 4. The van der Waals surface area contributed by atoms with Crippen LogP contribution in [0.1, 0.15) is 5.56 Å². The van der Waals surface area contributed by atoms with Crippen LogP contribution in [0, 0.1) is 0 Å². The van der Waals surface area contributed by atoms with Gasteiger partial charge in [0.25, 0.3) is 0 Å². The number of aromatic nitrogens is 4. The lowest BCUT2D eigenvalue weighted by molar-refractivity contribution is 0.833. The van der Waals surface area contributed by atoms with Gasteiger partial charge >= 0.3 is 0 Å². The van der Waals surface area contributed by atoms with E-state index in [1.807, 2.05) is 29.0 Å². The van der Waals surface area contributed by atoms with Crippen LogP contribution in [0.15, 0.2) is 43.0 Å². The van der Waals surface area contributed by atoms with Gasteiger partial charge in [-0.25, -0.2) is 4.98 Å². The van der Waals surface area contributed by atoms with Gasteiger partial charge in [-0.1, -0.05) is 6.07 Å². The Hall–Kier alpha value is -2.43. The molecule has 3 aromatic heterocycles. The average molecular weight is 225 g/mol. The van der Waals surface area contributed by atoms with Crippen molar-refractivity contribution in [1.29, 1.82) is 0 Å². The first kappa shape index (κ1) is 9.77. The Kier molecular flexibility index (Phi) is 2.22.